The van der Waals surface area contributed by atoms with E-state index in [-0.39, 0.29) is 24.0 Å². The molecule has 0 saturated heterocycles. The third-order valence-corrected chi connectivity index (χ3v) is 3.37. The standard InChI is InChI=1S/C16H25N5O.HI/c1-4-22-10-6-9-18-16(17-3)19-11-14-12-21-13(2)7-5-8-15(21)20-14;/h5,7-8,12H,4,6,9-11H2,1-3H3,(H2,17,18,19);1H. The van der Waals surface area contributed by atoms with Crippen LogP contribution in [0.2, 0.25) is 0 Å². The van der Waals surface area contributed by atoms with E-state index < -0.39 is 0 Å². The van der Waals surface area contributed by atoms with Crippen molar-refractivity contribution in [2.75, 3.05) is 26.8 Å². The lowest BCUT2D eigenvalue weighted by atomic mass is 10.4. The number of aromatic nitrogens is 2. The van der Waals surface area contributed by atoms with Crippen molar-refractivity contribution < 1.29 is 4.74 Å². The molecule has 0 amide bonds. The summed E-state index contributed by atoms with van der Waals surface area (Å²) in [6.07, 6.45) is 3.02. The first-order valence-electron chi connectivity index (χ1n) is 7.70. The predicted molar refractivity (Wildman–Crippen MR) is 105 cm³/mol. The van der Waals surface area contributed by atoms with Gasteiger partial charge in [0.15, 0.2) is 5.96 Å². The molecule has 6 nitrogen and oxygen atoms in total. The fourth-order valence-corrected chi connectivity index (χ4v) is 2.20. The van der Waals surface area contributed by atoms with Crippen LogP contribution in [0.4, 0.5) is 0 Å². The van der Waals surface area contributed by atoms with Gasteiger partial charge in [0.2, 0.25) is 0 Å². The molecule has 2 aromatic heterocycles. The van der Waals surface area contributed by atoms with Crippen molar-refractivity contribution in [2.45, 2.75) is 26.8 Å². The van der Waals surface area contributed by atoms with Gasteiger partial charge in [0.1, 0.15) is 5.65 Å². The number of pyridine rings is 1. The van der Waals surface area contributed by atoms with Gasteiger partial charge < -0.3 is 19.8 Å². The summed E-state index contributed by atoms with van der Waals surface area (Å²) >= 11 is 0. The Labute approximate surface area is 154 Å². The van der Waals surface area contributed by atoms with E-state index >= 15 is 0 Å². The van der Waals surface area contributed by atoms with Crippen LogP contribution in [0.25, 0.3) is 5.65 Å². The zero-order chi connectivity index (χ0) is 15.8. The topological polar surface area (TPSA) is 63.0 Å². The van der Waals surface area contributed by atoms with Crippen LogP contribution in [0, 0.1) is 6.92 Å². The lowest BCUT2D eigenvalue weighted by Crippen LogP contribution is -2.37. The molecule has 0 atom stereocenters. The van der Waals surface area contributed by atoms with E-state index in [1.165, 1.54) is 5.69 Å². The van der Waals surface area contributed by atoms with E-state index in [0.717, 1.165) is 43.5 Å². The van der Waals surface area contributed by atoms with Gasteiger partial charge in [-0.1, -0.05) is 6.07 Å². The van der Waals surface area contributed by atoms with E-state index in [4.69, 9.17) is 4.74 Å². The molecule has 0 saturated carbocycles. The number of hydrogen-bond acceptors (Lipinski definition) is 3. The number of halogens is 1. The van der Waals surface area contributed by atoms with Gasteiger partial charge in [-0.25, -0.2) is 4.98 Å². The van der Waals surface area contributed by atoms with Crippen molar-refractivity contribution in [3.63, 3.8) is 0 Å². The van der Waals surface area contributed by atoms with E-state index in [1.807, 2.05) is 19.1 Å². The summed E-state index contributed by atoms with van der Waals surface area (Å²) in [7, 11) is 1.77. The largest absolute Gasteiger partial charge is 0.382 e. The van der Waals surface area contributed by atoms with Gasteiger partial charge in [0, 0.05) is 38.7 Å². The molecule has 0 unspecified atom stereocenters. The first-order chi connectivity index (χ1) is 10.7. The number of aliphatic imine (C=N–C) groups is 1. The van der Waals surface area contributed by atoms with Gasteiger partial charge in [-0.2, -0.15) is 0 Å². The number of aryl methyl sites for hydroxylation is 1. The van der Waals surface area contributed by atoms with Gasteiger partial charge in [0.25, 0.3) is 0 Å². The molecule has 0 spiro atoms. The smallest absolute Gasteiger partial charge is 0.191 e. The zero-order valence-corrected chi connectivity index (χ0v) is 16.3. The highest BCUT2D eigenvalue weighted by Gasteiger charge is 2.04. The third-order valence-electron chi connectivity index (χ3n) is 3.37. The Morgan fingerprint density at radius 1 is 1.35 bits per heavy atom. The van der Waals surface area contributed by atoms with Crippen LogP contribution in [0.1, 0.15) is 24.7 Å². The summed E-state index contributed by atoms with van der Waals surface area (Å²) < 4.78 is 7.40. The molecule has 0 aliphatic heterocycles. The van der Waals surface area contributed by atoms with Gasteiger partial charge >= 0.3 is 0 Å². The number of hydrogen-bond donors (Lipinski definition) is 2. The summed E-state index contributed by atoms with van der Waals surface area (Å²) in [4.78, 5) is 8.81. The molecule has 2 heterocycles. The zero-order valence-electron chi connectivity index (χ0n) is 14.0. The van der Waals surface area contributed by atoms with E-state index in [2.05, 4.69) is 44.2 Å². The number of rotatable bonds is 7. The summed E-state index contributed by atoms with van der Waals surface area (Å²) in [6, 6.07) is 6.11. The Bertz CT molecular complexity index is 626. The fourth-order valence-electron chi connectivity index (χ4n) is 2.20. The van der Waals surface area contributed by atoms with Crippen molar-refractivity contribution in [3.8, 4) is 0 Å². The minimum Gasteiger partial charge on any atom is -0.382 e. The average molecular weight is 431 g/mol. The lowest BCUT2D eigenvalue weighted by molar-refractivity contribution is 0.145. The lowest BCUT2D eigenvalue weighted by Gasteiger charge is -2.10. The molecular weight excluding hydrogens is 405 g/mol. The van der Waals surface area contributed by atoms with Gasteiger partial charge in [-0.3, -0.25) is 4.99 Å². The van der Waals surface area contributed by atoms with Crippen LogP contribution in [0.15, 0.2) is 29.4 Å². The van der Waals surface area contributed by atoms with Crippen LogP contribution in [-0.2, 0) is 11.3 Å². The minimum absolute atomic E-state index is 0. The van der Waals surface area contributed by atoms with Crippen molar-refractivity contribution in [1.82, 2.24) is 20.0 Å². The first kappa shape index (κ1) is 19.7. The fraction of sp³-hybridized carbons (Fsp3) is 0.500. The van der Waals surface area contributed by atoms with Crippen molar-refractivity contribution >= 4 is 35.6 Å². The number of fused-ring (bicyclic) bond motifs is 1. The molecular formula is C16H26IN5O. The van der Waals surface area contributed by atoms with E-state index in [0.29, 0.717) is 6.54 Å². The van der Waals surface area contributed by atoms with Crippen LogP contribution in [0.5, 0.6) is 0 Å². The highest BCUT2D eigenvalue weighted by atomic mass is 127. The van der Waals surface area contributed by atoms with Crippen LogP contribution in [0.3, 0.4) is 0 Å². The monoisotopic (exact) mass is 431 g/mol. The molecule has 2 rings (SSSR count). The second-order valence-corrected chi connectivity index (χ2v) is 5.03. The highest BCUT2D eigenvalue weighted by molar-refractivity contribution is 14.0. The minimum atomic E-state index is 0. The summed E-state index contributed by atoms with van der Waals surface area (Å²) in [5.74, 6) is 0.783. The van der Waals surface area contributed by atoms with Crippen LogP contribution in [-0.4, -0.2) is 42.2 Å². The van der Waals surface area contributed by atoms with E-state index in [1.54, 1.807) is 7.05 Å². The van der Waals surface area contributed by atoms with Crippen molar-refractivity contribution in [1.29, 1.82) is 0 Å². The molecule has 0 fully saturated rings. The normalized spacial score (nSPS) is 11.3. The van der Waals surface area contributed by atoms with Gasteiger partial charge in [0.05, 0.1) is 12.2 Å². The number of imidazole rings is 1. The Kier molecular flexibility index (Phi) is 8.93. The number of nitrogens with one attached hydrogen (secondary N) is 2. The maximum Gasteiger partial charge on any atom is 0.191 e. The van der Waals surface area contributed by atoms with Gasteiger partial charge in [-0.15, -0.1) is 24.0 Å². The molecule has 7 heteroatoms. The Morgan fingerprint density at radius 2 is 2.17 bits per heavy atom. The van der Waals surface area contributed by atoms with Crippen molar-refractivity contribution in [2.24, 2.45) is 4.99 Å². The molecule has 0 aliphatic carbocycles. The predicted octanol–water partition coefficient (Wildman–Crippen LogP) is 2.35. The molecule has 128 valence electrons. The quantitative estimate of drug-likeness (QED) is 0.306. The molecule has 0 aliphatic rings. The van der Waals surface area contributed by atoms with Crippen LogP contribution >= 0.6 is 24.0 Å². The van der Waals surface area contributed by atoms with Gasteiger partial charge in [-0.05, 0) is 32.4 Å². The second kappa shape index (κ2) is 10.4. The van der Waals surface area contributed by atoms with E-state index in [9.17, 15) is 0 Å². The molecule has 0 radical (unpaired) electrons. The first-order valence-corrected chi connectivity index (χ1v) is 7.70. The molecule has 2 aromatic rings. The number of guanidine groups is 1. The van der Waals surface area contributed by atoms with Crippen molar-refractivity contribution in [3.05, 3.63) is 35.8 Å². The Morgan fingerprint density at radius 3 is 2.87 bits per heavy atom. The second-order valence-electron chi connectivity index (χ2n) is 5.03. The Hall–Kier alpha value is -1.35. The number of nitrogens with zero attached hydrogens (tertiary/aromatic N) is 3. The maximum absolute atomic E-state index is 5.31. The molecule has 0 aromatic carbocycles. The summed E-state index contributed by atoms with van der Waals surface area (Å²) in [5.41, 5.74) is 3.14. The number of ether oxygens (including phenoxy) is 1. The summed E-state index contributed by atoms with van der Waals surface area (Å²) in [5, 5.41) is 6.55. The summed E-state index contributed by atoms with van der Waals surface area (Å²) in [6.45, 7) is 7.10. The van der Waals surface area contributed by atoms with Crippen LogP contribution < -0.4 is 10.6 Å². The third kappa shape index (κ3) is 5.98. The molecule has 0 bridgehead atoms. The average Bonchev–Trinajstić information content (AvgIpc) is 2.94. The maximum atomic E-state index is 5.31. The molecule has 2 N–H and O–H groups in total. The SMILES string of the molecule is CCOCCCNC(=NC)NCc1cn2c(C)cccc2n1.I. The Balaban J connectivity index is 0.00000264. The molecule has 23 heavy (non-hydrogen) atoms. The highest BCUT2D eigenvalue weighted by Crippen LogP contribution is 2.08.